The summed E-state index contributed by atoms with van der Waals surface area (Å²) < 4.78 is 10.8. The fourth-order valence-electron chi connectivity index (χ4n) is 2.07. The smallest absolute Gasteiger partial charge is 0.614 e. The number of nitrogens with zero attached hydrogens (tertiary/aromatic N) is 1. The van der Waals surface area contributed by atoms with Gasteiger partial charge in [-0.15, -0.1) is 0 Å². The molecule has 0 bridgehead atoms. The van der Waals surface area contributed by atoms with Crippen LogP contribution in [0, 0.1) is 6.92 Å². The SMILES string of the molecule is Cc1ccc2cccc([O][Al][O]C(=O)c3ccccc3)c2n1. The minimum atomic E-state index is -0.941. The van der Waals surface area contributed by atoms with Crippen molar-refractivity contribution in [3.63, 3.8) is 0 Å². The number of carbonyl (C=O) groups excluding carboxylic acids is 1. The lowest BCUT2D eigenvalue weighted by Crippen LogP contribution is -2.14. The molecule has 107 valence electrons. The minimum Gasteiger partial charge on any atom is -0.614 e. The second-order valence-corrected chi connectivity index (χ2v) is 5.43. The summed E-state index contributed by atoms with van der Waals surface area (Å²) >= 11 is -0.941. The predicted octanol–water partition coefficient (Wildman–Crippen LogP) is 3.31. The van der Waals surface area contributed by atoms with Gasteiger partial charge in [0, 0.05) is 11.1 Å². The third-order valence-electron chi connectivity index (χ3n) is 3.16. The predicted molar refractivity (Wildman–Crippen MR) is 84.7 cm³/mol. The van der Waals surface area contributed by atoms with Gasteiger partial charge < -0.3 is 7.58 Å². The van der Waals surface area contributed by atoms with E-state index in [1.807, 2.05) is 43.3 Å². The first-order chi connectivity index (χ1) is 10.7. The van der Waals surface area contributed by atoms with E-state index in [1.54, 1.807) is 24.3 Å². The van der Waals surface area contributed by atoms with E-state index in [0.717, 1.165) is 16.6 Å². The number of aryl methyl sites for hydroxylation is 1. The van der Waals surface area contributed by atoms with Crippen molar-refractivity contribution in [2.45, 2.75) is 6.92 Å². The van der Waals surface area contributed by atoms with Crippen LogP contribution in [0.4, 0.5) is 0 Å². The summed E-state index contributed by atoms with van der Waals surface area (Å²) in [5.74, 6) is 0.261. The minimum absolute atomic E-state index is 0.375. The monoisotopic (exact) mass is 306 g/mol. The van der Waals surface area contributed by atoms with Gasteiger partial charge in [0.2, 0.25) is 0 Å². The number of para-hydroxylation sites is 1. The highest BCUT2D eigenvalue weighted by Gasteiger charge is 2.13. The molecule has 0 aliphatic heterocycles. The van der Waals surface area contributed by atoms with E-state index in [9.17, 15) is 4.79 Å². The molecular formula is C17H13AlNO3. The van der Waals surface area contributed by atoms with Crippen LogP contribution in [0.3, 0.4) is 0 Å². The molecule has 0 spiro atoms. The Balaban J connectivity index is 1.69. The zero-order chi connectivity index (χ0) is 15.4. The number of fused-ring (bicyclic) bond motifs is 1. The number of hydrogen-bond acceptors (Lipinski definition) is 4. The van der Waals surface area contributed by atoms with Crippen LogP contribution in [-0.2, 0) is 3.79 Å². The Labute approximate surface area is 135 Å². The normalized spacial score (nSPS) is 10.2. The maximum Gasteiger partial charge on any atom is 0.884 e. The van der Waals surface area contributed by atoms with Crippen LogP contribution in [0.15, 0.2) is 60.7 Å². The summed E-state index contributed by atoms with van der Waals surface area (Å²) in [6.45, 7) is 1.93. The van der Waals surface area contributed by atoms with Gasteiger partial charge in [-0.05, 0) is 31.2 Å². The van der Waals surface area contributed by atoms with Crippen LogP contribution in [-0.4, -0.2) is 26.8 Å². The van der Waals surface area contributed by atoms with Crippen molar-refractivity contribution < 1.29 is 12.4 Å². The van der Waals surface area contributed by atoms with Crippen LogP contribution in [0.2, 0.25) is 0 Å². The third kappa shape index (κ3) is 3.28. The topological polar surface area (TPSA) is 48.4 Å². The molecule has 3 aromatic rings. The van der Waals surface area contributed by atoms with Crippen molar-refractivity contribution in [1.29, 1.82) is 0 Å². The number of benzene rings is 2. The quantitative estimate of drug-likeness (QED) is 0.694. The first kappa shape index (κ1) is 14.6. The van der Waals surface area contributed by atoms with Gasteiger partial charge in [-0.3, -0.25) is 0 Å². The molecule has 0 unspecified atom stereocenters. The van der Waals surface area contributed by atoms with Gasteiger partial charge in [0.15, 0.2) is 0 Å². The second kappa shape index (κ2) is 6.61. The summed E-state index contributed by atoms with van der Waals surface area (Å²) in [5.41, 5.74) is 2.22. The highest BCUT2D eigenvalue weighted by molar-refractivity contribution is 6.25. The third-order valence-corrected chi connectivity index (χ3v) is 3.82. The lowest BCUT2D eigenvalue weighted by atomic mass is 10.2. The van der Waals surface area contributed by atoms with E-state index in [1.165, 1.54) is 0 Å². The fourth-order valence-corrected chi connectivity index (χ4v) is 2.64. The zero-order valence-corrected chi connectivity index (χ0v) is 13.2. The molecule has 4 nitrogen and oxygen atoms in total. The van der Waals surface area contributed by atoms with Crippen molar-refractivity contribution >= 4 is 32.8 Å². The molecule has 0 saturated heterocycles. The fraction of sp³-hybridized carbons (Fsp3) is 0.0588. The summed E-state index contributed by atoms with van der Waals surface area (Å²) in [6.07, 6.45) is 0. The van der Waals surface area contributed by atoms with Crippen LogP contribution in [0.25, 0.3) is 10.9 Å². The Bertz CT molecular complexity index is 805. The van der Waals surface area contributed by atoms with Crippen molar-refractivity contribution in [2.24, 2.45) is 0 Å². The molecular weight excluding hydrogens is 293 g/mol. The van der Waals surface area contributed by atoms with Crippen LogP contribution in [0.5, 0.6) is 5.75 Å². The van der Waals surface area contributed by atoms with Crippen LogP contribution >= 0.6 is 0 Å². The molecule has 1 heterocycles. The molecule has 1 aromatic heterocycles. The first-order valence-corrected chi connectivity index (χ1v) is 7.79. The first-order valence-electron chi connectivity index (χ1n) is 6.85. The highest BCUT2D eigenvalue weighted by atomic mass is 27.2. The van der Waals surface area contributed by atoms with Gasteiger partial charge in [0.25, 0.3) is 0 Å². The van der Waals surface area contributed by atoms with Gasteiger partial charge in [-0.1, -0.05) is 36.4 Å². The molecule has 22 heavy (non-hydrogen) atoms. The Morgan fingerprint density at radius 2 is 1.82 bits per heavy atom. The molecule has 0 aliphatic rings. The largest absolute Gasteiger partial charge is 0.884 e. The summed E-state index contributed by atoms with van der Waals surface area (Å²) in [6, 6.07) is 18.5. The van der Waals surface area contributed by atoms with Crippen molar-refractivity contribution in [2.75, 3.05) is 0 Å². The van der Waals surface area contributed by atoms with E-state index in [4.69, 9.17) is 7.58 Å². The number of hydrogen-bond donors (Lipinski definition) is 0. The standard InChI is InChI=1S/C10H9NO.C7H6O2.Al/c1-7-5-6-8-3-2-4-9(12)10(8)11-7;8-7(9)6-4-2-1-3-5-6;/h2-6,12H,1H3;1-5H,(H,8,9);/q;;+2/p-2. The van der Waals surface area contributed by atoms with E-state index >= 15 is 0 Å². The second-order valence-electron chi connectivity index (χ2n) is 4.77. The summed E-state index contributed by atoms with van der Waals surface area (Å²) in [5, 5.41) is 0.997. The maximum absolute atomic E-state index is 11.9. The average Bonchev–Trinajstić information content (AvgIpc) is 2.56. The lowest BCUT2D eigenvalue weighted by molar-refractivity contribution is 0.0722. The molecule has 0 atom stereocenters. The van der Waals surface area contributed by atoms with Gasteiger partial charge in [0.1, 0.15) is 11.3 Å². The van der Waals surface area contributed by atoms with Gasteiger partial charge in [-0.25, -0.2) is 9.78 Å². The van der Waals surface area contributed by atoms with E-state index in [-0.39, 0.29) is 5.97 Å². The molecule has 0 N–H and O–H groups in total. The molecule has 0 amide bonds. The molecule has 1 radical (unpaired) electrons. The highest BCUT2D eigenvalue weighted by Crippen LogP contribution is 2.23. The van der Waals surface area contributed by atoms with E-state index < -0.39 is 15.9 Å². The maximum atomic E-state index is 11.9. The number of carbonyl (C=O) groups is 1. The van der Waals surface area contributed by atoms with Crippen molar-refractivity contribution in [3.05, 3.63) is 71.9 Å². The molecule has 3 rings (SSSR count). The Morgan fingerprint density at radius 1 is 1.00 bits per heavy atom. The van der Waals surface area contributed by atoms with Crippen molar-refractivity contribution in [3.8, 4) is 5.75 Å². The summed E-state index contributed by atoms with van der Waals surface area (Å²) in [4.78, 5) is 16.3. The number of aromatic nitrogens is 1. The van der Waals surface area contributed by atoms with Gasteiger partial charge in [0.05, 0.1) is 5.56 Å². The Hall–Kier alpha value is -2.35. The zero-order valence-electron chi connectivity index (χ0n) is 12.0. The van der Waals surface area contributed by atoms with Gasteiger partial charge >= 0.3 is 21.9 Å². The van der Waals surface area contributed by atoms with E-state index in [2.05, 4.69) is 4.98 Å². The molecule has 5 heteroatoms. The summed E-state index contributed by atoms with van der Waals surface area (Å²) in [7, 11) is 0. The average molecular weight is 306 g/mol. The molecule has 0 fully saturated rings. The molecule has 0 saturated carbocycles. The Kier molecular flexibility index (Phi) is 4.38. The number of rotatable bonds is 4. The van der Waals surface area contributed by atoms with Gasteiger partial charge in [-0.2, -0.15) is 0 Å². The molecule has 2 aromatic carbocycles. The number of pyridine rings is 1. The van der Waals surface area contributed by atoms with Crippen LogP contribution in [0.1, 0.15) is 16.1 Å². The van der Waals surface area contributed by atoms with E-state index in [0.29, 0.717) is 11.3 Å². The van der Waals surface area contributed by atoms with Crippen molar-refractivity contribution in [1.82, 2.24) is 4.98 Å². The molecule has 0 aliphatic carbocycles. The Morgan fingerprint density at radius 3 is 2.64 bits per heavy atom. The lowest BCUT2D eigenvalue weighted by Gasteiger charge is -2.10. The van der Waals surface area contributed by atoms with Crippen LogP contribution < -0.4 is 3.79 Å².